The largest absolute Gasteiger partial charge is 0.507 e. The van der Waals surface area contributed by atoms with E-state index in [2.05, 4.69) is 21.2 Å². The molecule has 0 heterocycles. The van der Waals surface area contributed by atoms with E-state index in [-0.39, 0.29) is 27.6 Å². The predicted octanol–water partition coefficient (Wildman–Crippen LogP) is 3.76. The third-order valence-electron chi connectivity index (χ3n) is 2.67. The molecule has 0 bridgehead atoms. The van der Waals surface area contributed by atoms with Gasteiger partial charge in [-0.15, -0.1) is 0 Å². The van der Waals surface area contributed by atoms with E-state index in [4.69, 9.17) is 16.7 Å². The second-order valence-corrected chi connectivity index (χ2v) is 5.44. The van der Waals surface area contributed by atoms with Crippen LogP contribution in [0.4, 0.5) is 5.69 Å². The molecule has 108 valence electrons. The molecule has 5 nitrogen and oxygen atoms in total. The monoisotopic (exact) mass is 369 g/mol. The smallest absolute Gasteiger partial charge is 0.335 e. The first kappa shape index (κ1) is 15.3. The summed E-state index contributed by atoms with van der Waals surface area (Å²) in [7, 11) is 0. The van der Waals surface area contributed by atoms with Crippen molar-refractivity contribution in [2.24, 2.45) is 0 Å². The zero-order valence-electron chi connectivity index (χ0n) is 10.4. The molecule has 0 saturated carbocycles. The highest BCUT2D eigenvalue weighted by Gasteiger charge is 2.14. The molecule has 21 heavy (non-hydrogen) atoms. The SMILES string of the molecule is O=C(O)c1ccc(Cl)c(NC(=O)c2ccc(Br)cc2O)c1. The van der Waals surface area contributed by atoms with Gasteiger partial charge in [-0.25, -0.2) is 4.79 Å². The standard InChI is InChI=1S/C14H9BrClNO4/c15-8-2-3-9(12(18)6-8)13(19)17-11-5-7(14(20)21)1-4-10(11)16/h1-6,18H,(H,17,19)(H,20,21). The van der Waals surface area contributed by atoms with Gasteiger partial charge in [0, 0.05) is 4.47 Å². The van der Waals surface area contributed by atoms with Gasteiger partial charge in [0.15, 0.2) is 0 Å². The molecule has 0 saturated heterocycles. The van der Waals surface area contributed by atoms with Gasteiger partial charge in [-0.05, 0) is 36.4 Å². The van der Waals surface area contributed by atoms with E-state index in [1.807, 2.05) is 0 Å². The Bertz CT molecular complexity index is 733. The lowest BCUT2D eigenvalue weighted by atomic mass is 10.1. The number of nitrogens with one attached hydrogen (secondary N) is 1. The minimum atomic E-state index is -1.13. The summed E-state index contributed by atoms with van der Waals surface area (Å²) in [6.07, 6.45) is 0. The number of hydrogen-bond acceptors (Lipinski definition) is 3. The number of carboxylic acid groups (broad SMARTS) is 1. The Morgan fingerprint density at radius 1 is 1.14 bits per heavy atom. The second-order valence-electron chi connectivity index (χ2n) is 4.12. The van der Waals surface area contributed by atoms with E-state index in [1.165, 1.54) is 30.3 Å². The Labute approximate surface area is 133 Å². The summed E-state index contributed by atoms with van der Waals surface area (Å²) in [5.41, 5.74) is 0.202. The molecule has 2 rings (SSSR count). The van der Waals surface area contributed by atoms with Crippen LogP contribution in [0.3, 0.4) is 0 Å². The molecule has 0 fully saturated rings. The van der Waals surface area contributed by atoms with Crippen LogP contribution in [-0.4, -0.2) is 22.1 Å². The summed E-state index contributed by atoms with van der Waals surface area (Å²) in [5.74, 6) is -1.93. The maximum Gasteiger partial charge on any atom is 0.335 e. The number of hydrogen-bond donors (Lipinski definition) is 3. The van der Waals surface area contributed by atoms with E-state index < -0.39 is 11.9 Å². The van der Waals surface area contributed by atoms with Crippen molar-refractivity contribution in [3.8, 4) is 5.75 Å². The minimum Gasteiger partial charge on any atom is -0.507 e. The molecule has 3 N–H and O–H groups in total. The second kappa shape index (κ2) is 6.15. The molecular formula is C14H9BrClNO4. The topological polar surface area (TPSA) is 86.6 Å². The number of rotatable bonds is 3. The molecule has 0 unspecified atom stereocenters. The molecule has 1 amide bonds. The van der Waals surface area contributed by atoms with Gasteiger partial charge in [-0.2, -0.15) is 0 Å². The Hall–Kier alpha value is -2.05. The Balaban J connectivity index is 2.31. The molecule has 2 aromatic carbocycles. The van der Waals surface area contributed by atoms with Gasteiger partial charge in [0.1, 0.15) is 5.75 Å². The van der Waals surface area contributed by atoms with Crippen molar-refractivity contribution in [1.29, 1.82) is 0 Å². The number of anilines is 1. The summed E-state index contributed by atoms with van der Waals surface area (Å²) in [6, 6.07) is 8.37. The summed E-state index contributed by atoms with van der Waals surface area (Å²) < 4.78 is 0.627. The molecule has 0 aliphatic carbocycles. The number of benzene rings is 2. The number of carboxylic acids is 1. The van der Waals surface area contributed by atoms with E-state index in [0.29, 0.717) is 4.47 Å². The summed E-state index contributed by atoms with van der Waals surface area (Å²) >= 11 is 9.09. The van der Waals surface area contributed by atoms with E-state index >= 15 is 0 Å². The average Bonchev–Trinajstić information content (AvgIpc) is 2.40. The quantitative estimate of drug-likeness (QED) is 0.768. The van der Waals surface area contributed by atoms with Crippen LogP contribution in [0.1, 0.15) is 20.7 Å². The molecule has 0 atom stereocenters. The van der Waals surface area contributed by atoms with Gasteiger partial charge >= 0.3 is 5.97 Å². The van der Waals surface area contributed by atoms with Gasteiger partial charge in [0.2, 0.25) is 0 Å². The predicted molar refractivity (Wildman–Crippen MR) is 82.2 cm³/mol. The van der Waals surface area contributed by atoms with Gasteiger partial charge in [-0.1, -0.05) is 27.5 Å². The van der Waals surface area contributed by atoms with Gasteiger partial charge in [0.25, 0.3) is 5.91 Å². The molecule has 7 heteroatoms. The highest BCUT2D eigenvalue weighted by atomic mass is 79.9. The van der Waals surface area contributed by atoms with E-state index in [0.717, 1.165) is 0 Å². The average molecular weight is 371 g/mol. The van der Waals surface area contributed by atoms with Crippen LogP contribution in [0.15, 0.2) is 40.9 Å². The van der Waals surface area contributed by atoms with Crippen molar-refractivity contribution in [3.05, 3.63) is 57.0 Å². The van der Waals surface area contributed by atoms with Crippen molar-refractivity contribution >= 4 is 45.1 Å². The Morgan fingerprint density at radius 3 is 2.48 bits per heavy atom. The highest BCUT2D eigenvalue weighted by Crippen LogP contribution is 2.26. The first-order chi connectivity index (χ1) is 9.88. The van der Waals surface area contributed by atoms with Crippen LogP contribution in [0.25, 0.3) is 0 Å². The molecule has 0 radical (unpaired) electrons. The molecule has 0 aliphatic heterocycles. The number of aromatic hydroxyl groups is 1. The molecule has 0 aromatic heterocycles. The number of carbonyl (C=O) groups is 2. The first-order valence-electron chi connectivity index (χ1n) is 5.71. The fraction of sp³-hybridized carbons (Fsp3) is 0. The molecule has 0 aliphatic rings. The highest BCUT2D eigenvalue weighted by molar-refractivity contribution is 9.10. The fourth-order valence-electron chi connectivity index (χ4n) is 1.64. The van der Waals surface area contributed by atoms with Gasteiger partial charge < -0.3 is 15.5 Å². The van der Waals surface area contributed by atoms with Gasteiger partial charge in [-0.3, -0.25) is 4.79 Å². The first-order valence-corrected chi connectivity index (χ1v) is 6.88. The lowest BCUT2D eigenvalue weighted by molar-refractivity contribution is 0.0696. The van der Waals surface area contributed by atoms with E-state index in [1.54, 1.807) is 6.07 Å². The minimum absolute atomic E-state index is 0.00488. The summed E-state index contributed by atoms with van der Waals surface area (Å²) in [5, 5.41) is 21.3. The van der Waals surface area contributed by atoms with Crippen LogP contribution in [-0.2, 0) is 0 Å². The normalized spacial score (nSPS) is 10.2. The zero-order chi connectivity index (χ0) is 15.6. The van der Waals surface area contributed by atoms with Crippen molar-refractivity contribution in [3.63, 3.8) is 0 Å². The number of phenolic OH excluding ortho intramolecular Hbond substituents is 1. The third kappa shape index (κ3) is 3.53. The molecule has 2 aromatic rings. The van der Waals surface area contributed by atoms with Crippen molar-refractivity contribution in [1.82, 2.24) is 0 Å². The van der Waals surface area contributed by atoms with Crippen LogP contribution in [0.2, 0.25) is 5.02 Å². The molecular weight excluding hydrogens is 362 g/mol. The Morgan fingerprint density at radius 2 is 1.86 bits per heavy atom. The van der Waals surface area contributed by atoms with E-state index in [9.17, 15) is 14.7 Å². The fourth-order valence-corrected chi connectivity index (χ4v) is 2.15. The lowest BCUT2D eigenvalue weighted by Crippen LogP contribution is -2.13. The third-order valence-corrected chi connectivity index (χ3v) is 3.49. The maximum absolute atomic E-state index is 12.1. The maximum atomic E-state index is 12.1. The summed E-state index contributed by atoms with van der Waals surface area (Å²) in [6.45, 7) is 0. The number of carbonyl (C=O) groups excluding carboxylic acids is 1. The van der Waals surface area contributed by atoms with Crippen LogP contribution < -0.4 is 5.32 Å². The van der Waals surface area contributed by atoms with Crippen molar-refractivity contribution in [2.75, 3.05) is 5.32 Å². The van der Waals surface area contributed by atoms with Crippen molar-refractivity contribution < 1.29 is 19.8 Å². The number of aromatic carboxylic acids is 1. The molecule has 0 spiro atoms. The summed E-state index contributed by atoms with van der Waals surface area (Å²) in [4.78, 5) is 23.0. The zero-order valence-corrected chi connectivity index (χ0v) is 12.8. The van der Waals surface area contributed by atoms with Gasteiger partial charge in [0.05, 0.1) is 21.8 Å². The van der Waals surface area contributed by atoms with Crippen LogP contribution >= 0.6 is 27.5 Å². The van der Waals surface area contributed by atoms with Crippen LogP contribution in [0, 0.1) is 0 Å². The lowest BCUT2D eigenvalue weighted by Gasteiger charge is -2.09. The van der Waals surface area contributed by atoms with Crippen LogP contribution in [0.5, 0.6) is 5.75 Å². The Kier molecular flexibility index (Phi) is 4.50. The van der Waals surface area contributed by atoms with Crippen molar-refractivity contribution in [2.45, 2.75) is 0 Å². The number of phenols is 1. The number of halogens is 2. The number of amides is 1.